The van der Waals surface area contributed by atoms with Gasteiger partial charge in [0.1, 0.15) is 0 Å². The molecule has 0 saturated heterocycles. The molecule has 8 heteroatoms. The summed E-state index contributed by atoms with van der Waals surface area (Å²) in [6.07, 6.45) is 1.84. The third-order valence-electron chi connectivity index (χ3n) is 5.82. The summed E-state index contributed by atoms with van der Waals surface area (Å²) in [5.74, 6) is -0.581. The highest BCUT2D eigenvalue weighted by molar-refractivity contribution is 7.93. The molecule has 2 aromatic carbocycles. The number of aryl methyl sites for hydroxylation is 2. The minimum Gasteiger partial charge on any atom is -0.325 e. The molecular formula is C22H27NO5S2. The lowest BCUT2D eigenvalue weighted by molar-refractivity contribution is -0.118. The number of carbonyl (C=O) groups is 1. The fourth-order valence-electron chi connectivity index (χ4n) is 3.93. The monoisotopic (exact) mass is 449 g/mol. The van der Waals surface area contributed by atoms with Crippen LogP contribution in [0.2, 0.25) is 0 Å². The van der Waals surface area contributed by atoms with E-state index in [4.69, 9.17) is 0 Å². The van der Waals surface area contributed by atoms with Gasteiger partial charge in [0, 0.05) is 5.69 Å². The number of nitrogens with one attached hydrogen (secondary N) is 1. The number of benzene rings is 2. The summed E-state index contributed by atoms with van der Waals surface area (Å²) in [5.41, 5.74) is 1.81. The van der Waals surface area contributed by atoms with Gasteiger partial charge in [0.25, 0.3) is 0 Å². The molecule has 1 fully saturated rings. The van der Waals surface area contributed by atoms with Gasteiger partial charge in [0.05, 0.1) is 15.5 Å². The third kappa shape index (κ3) is 3.90. The van der Waals surface area contributed by atoms with E-state index >= 15 is 0 Å². The van der Waals surface area contributed by atoms with E-state index in [1.54, 1.807) is 26.0 Å². The Morgan fingerprint density at radius 1 is 0.967 bits per heavy atom. The molecule has 0 heterocycles. The van der Waals surface area contributed by atoms with Crippen LogP contribution in [0.15, 0.2) is 52.3 Å². The van der Waals surface area contributed by atoms with Crippen molar-refractivity contribution < 1.29 is 21.6 Å². The van der Waals surface area contributed by atoms with E-state index < -0.39 is 30.3 Å². The Hall–Kier alpha value is -2.19. The van der Waals surface area contributed by atoms with Crippen LogP contribution in [0.25, 0.3) is 0 Å². The lowest BCUT2D eigenvalue weighted by atomic mass is 10.1. The molecule has 1 aliphatic rings. The lowest BCUT2D eigenvalue weighted by Crippen LogP contribution is -2.47. The van der Waals surface area contributed by atoms with Gasteiger partial charge in [0.15, 0.2) is 24.4 Å². The van der Waals surface area contributed by atoms with Crippen LogP contribution < -0.4 is 5.32 Å². The molecule has 1 saturated carbocycles. The average Bonchev–Trinajstić information content (AvgIpc) is 3.22. The van der Waals surface area contributed by atoms with Crippen LogP contribution >= 0.6 is 0 Å². The van der Waals surface area contributed by atoms with Crippen LogP contribution in [0.5, 0.6) is 0 Å². The number of carbonyl (C=O) groups excluding carboxylic acids is 1. The first-order valence-electron chi connectivity index (χ1n) is 10.00. The Labute approximate surface area is 178 Å². The van der Waals surface area contributed by atoms with Crippen molar-refractivity contribution in [3.63, 3.8) is 0 Å². The van der Waals surface area contributed by atoms with E-state index in [1.165, 1.54) is 24.3 Å². The Morgan fingerprint density at radius 2 is 1.57 bits per heavy atom. The minimum atomic E-state index is -3.92. The van der Waals surface area contributed by atoms with Crippen LogP contribution in [0.1, 0.15) is 43.7 Å². The van der Waals surface area contributed by atoms with Gasteiger partial charge in [-0.05, 0) is 68.1 Å². The zero-order valence-electron chi connectivity index (χ0n) is 17.4. The number of hydrogen-bond acceptors (Lipinski definition) is 5. The Balaban J connectivity index is 1.96. The SMILES string of the molecule is CCS(=O)(=O)c1ccc(NC(=O)C2(S(=O)(=O)c3cc(C)ccc3C)CCCC2)cc1. The first kappa shape index (κ1) is 22.5. The van der Waals surface area contributed by atoms with Crippen LogP contribution in [0.4, 0.5) is 5.69 Å². The van der Waals surface area contributed by atoms with E-state index in [1.807, 2.05) is 13.0 Å². The second kappa shape index (κ2) is 8.15. The van der Waals surface area contributed by atoms with Crippen molar-refractivity contribution in [1.29, 1.82) is 0 Å². The molecule has 3 rings (SSSR count). The minimum absolute atomic E-state index is 0.0180. The highest BCUT2D eigenvalue weighted by Gasteiger charge is 2.53. The second-order valence-corrected chi connectivity index (χ2v) is 12.4. The van der Waals surface area contributed by atoms with Crippen molar-refractivity contribution in [1.82, 2.24) is 0 Å². The quantitative estimate of drug-likeness (QED) is 0.723. The summed E-state index contributed by atoms with van der Waals surface area (Å²) in [6, 6.07) is 11.1. The fourth-order valence-corrected chi connectivity index (χ4v) is 7.19. The summed E-state index contributed by atoms with van der Waals surface area (Å²) < 4.78 is 49.7. The molecule has 1 N–H and O–H groups in total. The highest BCUT2D eigenvalue weighted by atomic mass is 32.2. The Kier molecular flexibility index (Phi) is 6.11. The van der Waals surface area contributed by atoms with Crippen molar-refractivity contribution in [2.75, 3.05) is 11.1 Å². The largest absolute Gasteiger partial charge is 0.325 e. The van der Waals surface area contributed by atoms with E-state index in [9.17, 15) is 21.6 Å². The standard InChI is InChI=1S/C22H27NO5S2/c1-4-29(25,26)19-11-9-18(10-12-19)23-21(24)22(13-5-6-14-22)30(27,28)20-15-16(2)7-8-17(20)3/h7-12,15H,4-6,13-14H2,1-3H3,(H,23,24). The molecule has 162 valence electrons. The molecule has 0 atom stereocenters. The number of amides is 1. The summed E-state index contributed by atoms with van der Waals surface area (Å²) >= 11 is 0. The van der Waals surface area contributed by atoms with E-state index in [-0.39, 0.29) is 28.4 Å². The van der Waals surface area contributed by atoms with Crippen LogP contribution in [-0.4, -0.2) is 33.2 Å². The van der Waals surface area contributed by atoms with Gasteiger partial charge in [-0.2, -0.15) is 0 Å². The molecule has 0 aromatic heterocycles. The van der Waals surface area contributed by atoms with Gasteiger partial charge in [-0.15, -0.1) is 0 Å². The second-order valence-electron chi connectivity index (χ2n) is 7.86. The highest BCUT2D eigenvalue weighted by Crippen LogP contribution is 2.42. The van der Waals surface area contributed by atoms with Crippen LogP contribution in [-0.2, 0) is 24.5 Å². The number of anilines is 1. The maximum atomic E-state index is 13.6. The molecule has 0 unspecified atom stereocenters. The van der Waals surface area contributed by atoms with E-state index in [2.05, 4.69) is 5.32 Å². The van der Waals surface area contributed by atoms with Crippen molar-refractivity contribution in [3.8, 4) is 0 Å². The Bertz CT molecular complexity index is 1160. The number of rotatable bonds is 6. The number of hydrogen-bond donors (Lipinski definition) is 1. The maximum absolute atomic E-state index is 13.6. The van der Waals surface area contributed by atoms with Gasteiger partial charge in [-0.1, -0.05) is 31.9 Å². The summed E-state index contributed by atoms with van der Waals surface area (Å²) in [5, 5.41) is 2.72. The predicted molar refractivity (Wildman–Crippen MR) is 117 cm³/mol. The third-order valence-corrected chi connectivity index (χ3v) is 10.2. The Morgan fingerprint density at radius 3 is 2.13 bits per heavy atom. The van der Waals surface area contributed by atoms with Crippen LogP contribution in [0.3, 0.4) is 0 Å². The van der Waals surface area contributed by atoms with Gasteiger partial charge in [0.2, 0.25) is 5.91 Å². The summed E-state index contributed by atoms with van der Waals surface area (Å²) in [7, 11) is -7.26. The number of sulfone groups is 2. The normalized spacial score (nSPS) is 16.4. The zero-order valence-corrected chi connectivity index (χ0v) is 19.1. The predicted octanol–water partition coefficient (Wildman–Crippen LogP) is 3.82. The molecule has 0 spiro atoms. The average molecular weight is 450 g/mol. The zero-order chi connectivity index (χ0) is 22.2. The van der Waals surface area contributed by atoms with Gasteiger partial charge >= 0.3 is 0 Å². The molecule has 30 heavy (non-hydrogen) atoms. The molecule has 0 aliphatic heterocycles. The summed E-state index contributed by atoms with van der Waals surface area (Å²) in [4.78, 5) is 13.6. The van der Waals surface area contributed by atoms with E-state index in [0.717, 1.165) is 5.56 Å². The van der Waals surface area contributed by atoms with Gasteiger partial charge < -0.3 is 5.32 Å². The van der Waals surface area contributed by atoms with Crippen molar-refractivity contribution in [2.24, 2.45) is 0 Å². The van der Waals surface area contributed by atoms with Crippen LogP contribution in [0, 0.1) is 13.8 Å². The van der Waals surface area contributed by atoms with Gasteiger partial charge in [-0.25, -0.2) is 16.8 Å². The van der Waals surface area contributed by atoms with E-state index in [0.29, 0.717) is 24.1 Å². The molecule has 1 aliphatic carbocycles. The summed E-state index contributed by atoms with van der Waals surface area (Å²) in [6.45, 7) is 5.12. The molecule has 0 bridgehead atoms. The first-order chi connectivity index (χ1) is 14.0. The van der Waals surface area contributed by atoms with Crippen molar-refractivity contribution in [3.05, 3.63) is 53.6 Å². The van der Waals surface area contributed by atoms with Crippen molar-refractivity contribution in [2.45, 2.75) is 61.0 Å². The smallest absolute Gasteiger partial charge is 0.246 e. The lowest BCUT2D eigenvalue weighted by Gasteiger charge is -2.28. The molecule has 6 nitrogen and oxygen atoms in total. The molecule has 2 aromatic rings. The molecule has 1 amide bonds. The molecule has 0 radical (unpaired) electrons. The maximum Gasteiger partial charge on any atom is 0.246 e. The topological polar surface area (TPSA) is 97.4 Å². The van der Waals surface area contributed by atoms with Crippen molar-refractivity contribution >= 4 is 31.3 Å². The molecular weight excluding hydrogens is 422 g/mol. The first-order valence-corrected chi connectivity index (χ1v) is 13.1. The van der Waals surface area contributed by atoms with Gasteiger partial charge in [-0.3, -0.25) is 4.79 Å². The fraction of sp³-hybridized carbons (Fsp3) is 0.409.